The van der Waals surface area contributed by atoms with Gasteiger partial charge in [0, 0.05) is 33.4 Å². The zero-order valence-electron chi connectivity index (χ0n) is 11.0. The van der Waals surface area contributed by atoms with Gasteiger partial charge < -0.3 is 10.1 Å². The molecule has 0 aliphatic rings. The second-order valence-corrected chi connectivity index (χ2v) is 7.63. The van der Waals surface area contributed by atoms with Crippen LogP contribution in [-0.2, 0) is 13.8 Å². The minimum atomic E-state index is -3.89. The van der Waals surface area contributed by atoms with Gasteiger partial charge in [0.15, 0.2) is 0 Å². The van der Waals surface area contributed by atoms with E-state index in [0.717, 1.165) is 0 Å². The first-order valence-electron chi connectivity index (χ1n) is 5.88. The molecule has 0 saturated heterocycles. The van der Waals surface area contributed by atoms with Gasteiger partial charge in [0.1, 0.15) is 0 Å². The fourth-order valence-electron chi connectivity index (χ4n) is 1.48. The molecule has 0 bridgehead atoms. The topological polar surface area (TPSA) is 72.5 Å². The van der Waals surface area contributed by atoms with E-state index in [4.69, 9.17) is 15.4 Å². The van der Waals surface area contributed by atoms with Gasteiger partial charge in [-0.2, -0.15) is 0 Å². The molecule has 0 spiro atoms. The number of benzene rings is 1. The van der Waals surface area contributed by atoms with Crippen LogP contribution in [0.1, 0.15) is 24.2 Å². The summed E-state index contributed by atoms with van der Waals surface area (Å²) in [5.74, 6) is -0.389. The fourth-order valence-corrected chi connectivity index (χ4v) is 2.93. The number of halogens is 2. The molecule has 1 N–H and O–H groups in total. The van der Waals surface area contributed by atoms with Crippen LogP contribution in [0.25, 0.3) is 0 Å². The maximum absolute atomic E-state index is 12.0. The van der Waals surface area contributed by atoms with E-state index in [0.29, 0.717) is 17.7 Å². The molecule has 0 radical (unpaired) electrons. The smallest absolute Gasteiger partial charge is 0.261 e. The van der Waals surface area contributed by atoms with Gasteiger partial charge in [-0.3, -0.25) is 4.79 Å². The van der Waals surface area contributed by atoms with Crippen molar-refractivity contribution in [3.63, 3.8) is 0 Å². The van der Waals surface area contributed by atoms with E-state index >= 15 is 0 Å². The minimum Gasteiger partial charge on any atom is -0.380 e. The van der Waals surface area contributed by atoms with Crippen molar-refractivity contribution in [1.82, 2.24) is 5.32 Å². The molecule has 112 valence electrons. The Morgan fingerprint density at radius 3 is 2.65 bits per heavy atom. The number of carbonyl (C=O) groups excluding carboxylic acids is 1. The largest absolute Gasteiger partial charge is 0.380 e. The van der Waals surface area contributed by atoms with Gasteiger partial charge in [-0.1, -0.05) is 15.9 Å². The van der Waals surface area contributed by atoms with Gasteiger partial charge in [0.05, 0.1) is 11.5 Å². The van der Waals surface area contributed by atoms with Crippen LogP contribution in [0, 0.1) is 0 Å². The van der Waals surface area contributed by atoms with E-state index in [2.05, 4.69) is 21.2 Å². The highest BCUT2D eigenvalue weighted by Gasteiger charge is 2.16. The lowest BCUT2D eigenvalue weighted by atomic mass is 10.2. The Morgan fingerprint density at radius 1 is 1.45 bits per heavy atom. The molecule has 5 nitrogen and oxygen atoms in total. The molecule has 8 heteroatoms. The summed E-state index contributed by atoms with van der Waals surface area (Å²) in [6, 6.07) is 3.91. The van der Waals surface area contributed by atoms with Crippen LogP contribution in [0.2, 0.25) is 0 Å². The maximum Gasteiger partial charge on any atom is 0.261 e. The van der Waals surface area contributed by atoms with Crippen molar-refractivity contribution < 1.29 is 17.9 Å². The van der Waals surface area contributed by atoms with Crippen molar-refractivity contribution in [3.8, 4) is 0 Å². The van der Waals surface area contributed by atoms with Gasteiger partial charge in [0.2, 0.25) is 0 Å². The number of ether oxygens (including phenoxy) is 1. The van der Waals surface area contributed by atoms with Crippen LogP contribution >= 0.6 is 26.6 Å². The van der Waals surface area contributed by atoms with Crippen molar-refractivity contribution in [2.75, 3.05) is 13.2 Å². The molecule has 1 aromatic rings. The van der Waals surface area contributed by atoms with Crippen LogP contribution in [-0.4, -0.2) is 33.6 Å². The predicted molar refractivity (Wildman–Crippen MR) is 80.6 cm³/mol. The van der Waals surface area contributed by atoms with Gasteiger partial charge in [-0.15, -0.1) is 0 Å². The van der Waals surface area contributed by atoms with E-state index in [-0.39, 0.29) is 22.4 Å². The highest BCUT2D eigenvalue weighted by atomic mass is 79.9. The van der Waals surface area contributed by atoms with Crippen LogP contribution in [0.3, 0.4) is 0 Å². The third kappa shape index (κ3) is 5.40. The molecule has 0 saturated carbocycles. The van der Waals surface area contributed by atoms with E-state index in [9.17, 15) is 13.2 Å². The summed E-state index contributed by atoms with van der Waals surface area (Å²) in [5.41, 5.74) is 0.210. The lowest BCUT2D eigenvalue weighted by Crippen LogP contribution is -2.36. The highest BCUT2D eigenvalue weighted by Crippen LogP contribution is 2.22. The molecule has 1 rings (SSSR count). The molecule has 0 aliphatic heterocycles. The number of carbonyl (C=O) groups is 1. The second kappa shape index (κ2) is 7.40. The molecule has 20 heavy (non-hydrogen) atoms. The summed E-state index contributed by atoms with van der Waals surface area (Å²) in [6.07, 6.45) is 0. The third-order valence-electron chi connectivity index (χ3n) is 2.36. The van der Waals surface area contributed by atoms with E-state index in [1.165, 1.54) is 18.2 Å². The van der Waals surface area contributed by atoms with Crippen LogP contribution in [0.15, 0.2) is 27.6 Å². The van der Waals surface area contributed by atoms with Crippen molar-refractivity contribution in [3.05, 3.63) is 28.2 Å². The Hall–Kier alpha value is -0.630. The Balaban J connectivity index is 2.91. The molecule has 1 aromatic carbocycles. The molecule has 0 fully saturated rings. The molecule has 0 heterocycles. The van der Waals surface area contributed by atoms with Crippen LogP contribution in [0.4, 0.5) is 0 Å². The summed E-state index contributed by atoms with van der Waals surface area (Å²) in [6.45, 7) is 4.61. The predicted octanol–water partition coefficient (Wildman–Crippen LogP) is 2.53. The summed E-state index contributed by atoms with van der Waals surface area (Å²) < 4.78 is 28.3. The van der Waals surface area contributed by atoms with Gasteiger partial charge >= 0.3 is 0 Å². The average Bonchev–Trinajstić information content (AvgIpc) is 2.34. The second-order valence-electron chi connectivity index (χ2n) is 4.15. The first-order valence-corrected chi connectivity index (χ1v) is 8.98. The summed E-state index contributed by atoms with van der Waals surface area (Å²) in [7, 11) is 1.39. The van der Waals surface area contributed by atoms with Crippen LogP contribution < -0.4 is 5.32 Å². The Labute approximate surface area is 131 Å². The number of nitrogens with one attached hydrogen (secondary N) is 1. The zero-order chi connectivity index (χ0) is 15.3. The Morgan fingerprint density at radius 2 is 2.10 bits per heavy atom. The Kier molecular flexibility index (Phi) is 6.44. The number of hydrogen-bond donors (Lipinski definition) is 1. The monoisotopic (exact) mass is 383 g/mol. The zero-order valence-corrected chi connectivity index (χ0v) is 14.2. The van der Waals surface area contributed by atoms with Crippen molar-refractivity contribution in [1.29, 1.82) is 0 Å². The summed E-state index contributed by atoms with van der Waals surface area (Å²) in [4.78, 5) is 11.9. The van der Waals surface area contributed by atoms with Crippen molar-refractivity contribution >= 4 is 41.6 Å². The molecule has 0 aliphatic carbocycles. The van der Waals surface area contributed by atoms with E-state index < -0.39 is 9.05 Å². The van der Waals surface area contributed by atoms with Gasteiger partial charge in [-0.05, 0) is 32.0 Å². The molecule has 1 atom stereocenters. The lowest BCUT2D eigenvalue weighted by molar-refractivity contribution is 0.0871. The number of rotatable bonds is 6. The highest BCUT2D eigenvalue weighted by molar-refractivity contribution is 9.10. The normalized spacial score (nSPS) is 13.0. The maximum atomic E-state index is 12.0. The Bertz CT molecular complexity index is 591. The molecule has 0 aromatic heterocycles. The minimum absolute atomic E-state index is 0.129. The molecular formula is C12H15BrClNO4S. The van der Waals surface area contributed by atoms with Crippen molar-refractivity contribution in [2.24, 2.45) is 0 Å². The fraction of sp³-hybridized carbons (Fsp3) is 0.417. The standard InChI is InChI=1S/C12H15BrClNO4S/c1-3-19-7-8(2)15-12(16)9-4-10(13)6-11(5-9)20(14,17)18/h4-6,8H,3,7H2,1-2H3,(H,15,16). The summed E-state index contributed by atoms with van der Waals surface area (Å²) >= 11 is 3.15. The summed E-state index contributed by atoms with van der Waals surface area (Å²) in [5, 5.41) is 2.71. The first-order chi connectivity index (χ1) is 9.24. The SMILES string of the molecule is CCOCC(C)NC(=O)c1cc(Br)cc(S(=O)(=O)Cl)c1. The number of hydrogen-bond acceptors (Lipinski definition) is 4. The van der Waals surface area contributed by atoms with Crippen LogP contribution in [0.5, 0.6) is 0 Å². The van der Waals surface area contributed by atoms with Crippen molar-refractivity contribution in [2.45, 2.75) is 24.8 Å². The molecule has 1 amide bonds. The lowest BCUT2D eigenvalue weighted by Gasteiger charge is -2.14. The quantitative estimate of drug-likeness (QED) is 0.765. The average molecular weight is 385 g/mol. The van der Waals surface area contributed by atoms with E-state index in [1.54, 1.807) is 6.92 Å². The van der Waals surface area contributed by atoms with E-state index in [1.807, 2.05) is 6.92 Å². The third-order valence-corrected chi connectivity index (χ3v) is 4.16. The number of amides is 1. The van der Waals surface area contributed by atoms with Gasteiger partial charge in [0.25, 0.3) is 15.0 Å². The van der Waals surface area contributed by atoms with Gasteiger partial charge in [-0.25, -0.2) is 8.42 Å². The molecular weight excluding hydrogens is 370 g/mol. The first kappa shape index (κ1) is 17.4. The molecule has 1 unspecified atom stereocenters.